The highest BCUT2D eigenvalue weighted by Gasteiger charge is 2.22. The minimum atomic E-state index is -3.92. The van der Waals surface area contributed by atoms with Crippen LogP contribution >= 0.6 is 0 Å². The monoisotopic (exact) mass is 433 g/mol. The van der Waals surface area contributed by atoms with Gasteiger partial charge < -0.3 is 5.32 Å². The number of anilines is 1. The molecule has 0 atom stereocenters. The van der Waals surface area contributed by atoms with E-state index in [9.17, 15) is 22.8 Å². The van der Waals surface area contributed by atoms with Crippen LogP contribution in [-0.2, 0) is 29.0 Å². The second-order valence-corrected chi connectivity index (χ2v) is 8.32. The van der Waals surface area contributed by atoms with E-state index < -0.39 is 27.2 Å². The van der Waals surface area contributed by atoms with Gasteiger partial charge in [0.1, 0.15) is 5.65 Å². The van der Waals surface area contributed by atoms with Gasteiger partial charge in [0.25, 0.3) is 21.5 Å². The van der Waals surface area contributed by atoms with Crippen LogP contribution < -0.4 is 16.6 Å². The fourth-order valence-electron chi connectivity index (χ4n) is 2.78. The third-order valence-electron chi connectivity index (χ3n) is 4.54. The summed E-state index contributed by atoms with van der Waals surface area (Å²) >= 11 is 0. The zero-order valence-electron chi connectivity index (χ0n) is 16.6. The lowest BCUT2D eigenvalue weighted by atomic mass is 10.2. The van der Waals surface area contributed by atoms with Crippen LogP contribution in [0.2, 0.25) is 0 Å². The number of sulfonamides is 1. The maximum Gasteiger partial charge on any atom is 0.332 e. The molecule has 2 heterocycles. The number of benzene rings is 1. The summed E-state index contributed by atoms with van der Waals surface area (Å²) < 4.78 is 27.6. The Morgan fingerprint density at radius 2 is 1.87 bits per heavy atom. The van der Waals surface area contributed by atoms with Crippen molar-refractivity contribution in [2.45, 2.75) is 4.90 Å². The Morgan fingerprint density at radius 3 is 2.53 bits per heavy atom. The molecule has 2 aromatic heterocycles. The molecule has 1 aromatic carbocycles. The summed E-state index contributed by atoms with van der Waals surface area (Å²) in [5.74, 6) is -0.602. The molecule has 3 aromatic rings. The molecule has 0 aliphatic rings. The van der Waals surface area contributed by atoms with Gasteiger partial charge in [-0.3, -0.25) is 23.6 Å². The molecule has 0 fully saturated rings. The van der Waals surface area contributed by atoms with Gasteiger partial charge in [-0.1, -0.05) is 10.5 Å². The number of carbonyl (C=O) groups is 1. The number of hydrogen-bond donors (Lipinski definition) is 1. The van der Waals surface area contributed by atoms with E-state index in [0.29, 0.717) is 4.47 Å². The van der Waals surface area contributed by atoms with Crippen molar-refractivity contribution in [2.24, 2.45) is 14.1 Å². The van der Waals surface area contributed by atoms with Gasteiger partial charge >= 0.3 is 5.69 Å². The third-order valence-corrected chi connectivity index (χ3v) is 6.22. The van der Waals surface area contributed by atoms with E-state index in [4.69, 9.17) is 4.84 Å². The van der Waals surface area contributed by atoms with Crippen LogP contribution in [0.1, 0.15) is 10.4 Å². The number of rotatable bonds is 5. The third kappa shape index (κ3) is 3.63. The molecule has 12 heteroatoms. The molecule has 1 N–H and O–H groups in total. The van der Waals surface area contributed by atoms with E-state index in [0.717, 1.165) is 4.57 Å². The molecule has 0 saturated heterocycles. The van der Waals surface area contributed by atoms with Crippen molar-refractivity contribution in [3.63, 3.8) is 0 Å². The highest BCUT2D eigenvalue weighted by molar-refractivity contribution is 7.89. The predicted molar refractivity (Wildman–Crippen MR) is 109 cm³/mol. The Morgan fingerprint density at radius 1 is 1.17 bits per heavy atom. The Bertz CT molecular complexity index is 1380. The summed E-state index contributed by atoms with van der Waals surface area (Å²) in [5, 5.41) is 2.72. The summed E-state index contributed by atoms with van der Waals surface area (Å²) in [5.41, 5.74) is -0.598. The topological polar surface area (TPSA) is 133 Å². The minimum absolute atomic E-state index is 0.0778. The molecule has 0 aliphatic carbocycles. The summed E-state index contributed by atoms with van der Waals surface area (Å²) in [4.78, 5) is 45.7. The van der Waals surface area contributed by atoms with Crippen LogP contribution in [0.15, 0.2) is 51.0 Å². The van der Waals surface area contributed by atoms with Crippen LogP contribution in [-0.4, -0.2) is 47.1 Å². The maximum absolute atomic E-state index is 12.6. The first-order valence-corrected chi connectivity index (χ1v) is 10.0. The van der Waals surface area contributed by atoms with Gasteiger partial charge in [0.2, 0.25) is 0 Å². The molecular formula is C18H19N5O6S. The number of pyridine rings is 1. The number of nitrogens with zero attached hydrogens (tertiary/aromatic N) is 4. The minimum Gasteiger partial charge on any atom is -0.321 e. The second kappa shape index (κ2) is 7.82. The fraction of sp³-hybridized carbons (Fsp3) is 0.222. The molecule has 0 bridgehead atoms. The number of hydrogen-bond acceptors (Lipinski definition) is 7. The summed E-state index contributed by atoms with van der Waals surface area (Å²) in [6.07, 6.45) is 1.30. The Kier molecular flexibility index (Phi) is 5.57. The van der Waals surface area contributed by atoms with Crippen molar-refractivity contribution in [3.8, 4) is 0 Å². The molecule has 158 valence electrons. The molecule has 3 rings (SSSR count). The van der Waals surface area contributed by atoms with E-state index in [1.807, 2.05) is 0 Å². The number of fused-ring (bicyclic) bond motifs is 1. The van der Waals surface area contributed by atoms with Gasteiger partial charge in [-0.25, -0.2) is 18.2 Å². The normalized spacial score (nSPS) is 11.8. The number of nitrogens with one attached hydrogen (secondary N) is 1. The molecule has 0 unspecified atom stereocenters. The standard InChI is InChI=1S/C18H19N5O6S/c1-21-15-14(17(25)22(2)18(21)26)9-12(10-19-15)20-16(24)11-6-5-7-13(8-11)30(27,28)23(3)29-4/h5-10H,1-4H3,(H,20,24). The van der Waals surface area contributed by atoms with Crippen molar-refractivity contribution >= 4 is 32.7 Å². The lowest BCUT2D eigenvalue weighted by Crippen LogP contribution is -2.37. The van der Waals surface area contributed by atoms with Gasteiger partial charge in [0.05, 0.1) is 29.3 Å². The molecule has 0 spiro atoms. The van der Waals surface area contributed by atoms with E-state index in [1.165, 1.54) is 69.3 Å². The summed E-state index contributed by atoms with van der Waals surface area (Å²) in [6.45, 7) is 0. The molecule has 0 radical (unpaired) electrons. The lowest BCUT2D eigenvalue weighted by molar-refractivity contribution is -0.0258. The van der Waals surface area contributed by atoms with Crippen LogP contribution in [0.4, 0.5) is 5.69 Å². The summed E-state index contributed by atoms with van der Waals surface area (Å²) in [6, 6.07) is 6.82. The van der Waals surface area contributed by atoms with Crippen molar-refractivity contribution in [3.05, 3.63) is 62.9 Å². The number of carbonyl (C=O) groups excluding carboxylic acids is 1. The van der Waals surface area contributed by atoms with Crippen LogP contribution in [0.25, 0.3) is 11.0 Å². The van der Waals surface area contributed by atoms with Crippen molar-refractivity contribution in [2.75, 3.05) is 19.5 Å². The molecule has 0 saturated carbocycles. The van der Waals surface area contributed by atoms with Crippen molar-refractivity contribution in [1.29, 1.82) is 0 Å². The zero-order chi connectivity index (χ0) is 22.2. The van der Waals surface area contributed by atoms with Crippen molar-refractivity contribution < 1.29 is 18.0 Å². The Hall–Kier alpha value is -3.35. The van der Waals surface area contributed by atoms with Gasteiger partial charge in [-0.2, -0.15) is 0 Å². The first-order chi connectivity index (χ1) is 14.1. The lowest BCUT2D eigenvalue weighted by Gasteiger charge is -2.14. The molecule has 1 amide bonds. The highest BCUT2D eigenvalue weighted by Crippen LogP contribution is 2.18. The first-order valence-electron chi connectivity index (χ1n) is 8.58. The van der Waals surface area contributed by atoms with Gasteiger partial charge in [-0.15, -0.1) is 0 Å². The van der Waals surface area contributed by atoms with E-state index in [2.05, 4.69) is 10.3 Å². The van der Waals surface area contributed by atoms with Gasteiger partial charge in [-0.05, 0) is 24.3 Å². The highest BCUT2D eigenvalue weighted by atomic mass is 32.2. The van der Waals surface area contributed by atoms with E-state index in [-0.39, 0.29) is 27.2 Å². The van der Waals surface area contributed by atoms with Crippen LogP contribution in [0.3, 0.4) is 0 Å². The maximum atomic E-state index is 12.6. The zero-order valence-corrected chi connectivity index (χ0v) is 17.4. The number of hydroxylamine groups is 1. The second-order valence-electron chi connectivity index (χ2n) is 6.38. The predicted octanol–water partition coefficient (Wildman–Crippen LogP) is 0.0664. The summed E-state index contributed by atoms with van der Waals surface area (Å²) in [7, 11) is 1.35. The van der Waals surface area contributed by atoms with Crippen molar-refractivity contribution in [1.82, 2.24) is 18.6 Å². The fourth-order valence-corrected chi connectivity index (χ4v) is 3.80. The molecule has 0 aliphatic heterocycles. The van der Waals surface area contributed by atoms with Crippen LogP contribution in [0.5, 0.6) is 0 Å². The Labute approximate surface area is 171 Å². The number of aryl methyl sites for hydroxylation is 1. The number of amides is 1. The van der Waals surface area contributed by atoms with Gasteiger partial charge in [0.15, 0.2) is 0 Å². The molecular weight excluding hydrogens is 414 g/mol. The average molecular weight is 433 g/mol. The van der Waals surface area contributed by atoms with E-state index in [1.54, 1.807) is 0 Å². The average Bonchev–Trinajstić information content (AvgIpc) is 2.75. The molecule has 11 nitrogen and oxygen atoms in total. The Balaban J connectivity index is 1.97. The smallest absolute Gasteiger partial charge is 0.321 e. The quantitative estimate of drug-likeness (QED) is 0.563. The largest absolute Gasteiger partial charge is 0.332 e. The SMILES string of the molecule is CON(C)S(=O)(=O)c1cccc(C(=O)Nc2cnc3c(c2)c(=O)n(C)c(=O)n3C)c1. The van der Waals surface area contributed by atoms with E-state index >= 15 is 0 Å². The van der Waals surface area contributed by atoms with Crippen LogP contribution in [0, 0.1) is 0 Å². The number of aromatic nitrogens is 3. The van der Waals surface area contributed by atoms with Gasteiger partial charge in [0, 0.05) is 26.7 Å². The molecule has 30 heavy (non-hydrogen) atoms. The first kappa shape index (κ1) is 21.4.